The van der Waals surface area contributed by atoms with E-state index in [2.05, 4.69) is 20.9 Å². The lowest BCUT2D eigenvalue weighted by Crippen LogP contribution is -2.55. The van der Waals surface area contributed by atoms with Crippen LogP contribution in [0.2, 0.25) is 0 Å². The van der Waals surface area contributed by atoms with Crippen LogP contribution in [0.1, 0.15) is 58.7 Å². The van der Waals surface area contributed by atoms with Gasteiger partial charge in [0.2, 0.25) is 0 Å². The summed E-state index contributed by atoms with van der Waals surface area (Å²) in [5.74, 6) is -0.423. The van der Waals surface area contributed by atoms with Gasteiger partial charge in [0.1, 0.15) is 17.1 Å². The molecule has 2 aromatic heterocycles. The van der Waals surface area contributed by atoms with Crippen LogP contribution >= 0.6 is 15.9 Å². The molecule has 1 aliphatic heterocycles. The number of rotatable bonds is 3. The zero-order chi connectivity index (χ0) is 28.1. The normalized spacial score (nSPS) is 16.4. The van der Waals surface area contributed by atoms with Gasteiger partial charge in [-0.15, -0.1) is 0 Å². The molecule has 0 aliphatic carbocycles. The fourth-order valence-corrected chi connectivity index (χ4v) is 5.32. The first-order valence-electron chi connectivity index (χ1n) is 12.7. The Balaban J connectivity index is 1.90. The van der Waals surface area contributed by atoms with Crippen LogP contribution in [-0.4, -0.2) is 51.8 Å². The van der Waals surface area contributed by atoms with Crippen molar-refractivity contribution >= 4 is 44.3 Å². The summed E-state index contributed by atoms with van der Waals surface area (Å²) < 4.78 is 22.3. The summed E-state index contributed by atoms with van der Waals surface area (Å²) in [4.78, 5) is 34.9. The number of pyridine rings is 2. The topological polar surface area (TPSA) is 93.7 Å². The van der Waals surface area contributed by atoms with Crippen LogP contribution in [0.15, 0.2) is 33.7 Å². The number of nitrogens with zero attached hydrogens (tertiary/aromatic N) is 4. The summed E-state index contributed by atoms with van der Waals surface area (Å²) in [6.07, 6.45) is 1.33. The minimum Gasteiger partial charge on any atom is -0.444 e. The van der Waals surface area contributed by atoms with Gasteiger partial charge in [-0.3, -0.25) is 14.3 Å². The van der Waals surface area contributed by atoms with Crippen molar-refractivity contribution in [1.82, 2.24) is 14.5 Å². The van der Waals surface area contributed by atoms with Crippen molar-refractivity contribution in [2.45, 2.75) is 66.0 Å². The van der Waals surface area contributed by atoms with E-state index in [1.165, 1.54) is 6.07 Å². The summed E-state index contributed by atoms with van der Waals surface area (Å²) in [7, 11) is 0. The second-order valence-corrected chi connectivity index (χ2v) is 12.0. The lowest BCUT2D eigenvalue weighted by Gasteiger charge is -2.42. The van der Waals surface area contributed by atoms with E-state index >= 15 is 0 Å². The molecule has 38 heavy (non-hydrogen) atoms. The van der Waals surface area contributed by atoms with Crippen LogP contribution in [-0.2, 0) is 4.74 Å². The number of piperazine rings is 1. The molecule has 4 rings (SSSR count). The molecule has 0 bridgehead atoms. The maximum atomic E-state index is 15.0. The first-order valence-corrected chi connectivity index (χ1v) is 13.5. The number of fused-ring (bicyclic) bond motifs is 1. The number of carbonyl (C=O) groups is 1. The third-order valence-corrected chi connectivity index (χ3v) is 7.32. The second kappa shape index (κ2) is 10.2. The van der Waals surface area contributed by atoms with Crippen molar-refractivity contribution in [3.05, 3.63) is 56.3 Å². The van der Waals surface area contributed by atoms with Gasteiger partial charge < -0.3 is 20.3 Å². The quantitative estimate of drug-likeness (QED) is 0.419. The lowest BCUT2D eigenvalue weighted by atomic mass is 10.0. The third kappa shape index (κ3) is 5.10. The first kappa shape index (κ1) is 27.9. The number of aryl methyl sites for hydroxylation is 1. The molecule has 1 fully saturated rings. The average molecular weight is 589 g/mol. The Labute approximate surface area is 230 Å². The number of hydrogen-bond donors (Lipinski definition) is 1. The van der Waals surface area contributed by atoms with Gasteiger partial charge in [0.05, 0.1) is 27.1 Å². The number of anilines is 2. The average Bonchev–Trinajstić information content (AvgIpc) is 2.81. The van der Waals surface area contributed by atoms with E-state index in [0.29, 0.717) is 41.9 Å². The molecule has 1 atom stereocenters. The van der Waals surface area contributed by atoms with Crippen LogP contribution in [0.25, 0.3) is 16.6 Å². The summed E-state index contributed by atoms with van der Waals surface area (Å²) in [5, 5.41) is 0.512. The summed E-state index contributed by atoms with van der Waals surface area (Å²) in [6, 6.07) is 4.68. The number of ether oxygens (including phenoxy) is 1. The number of nitrogens with two attached hydrogens (primary N) is 1. The predicted molar refractivity (Wildman–Crippen MR) is 153 cm³/mol. The minimum atomic E-state index is -0.604. The summed E-state index contributed by atoms with van der Waals surface area (Å²) in [6.45, 7) is 14.5. The van der Waals surface area contributed by atoms with Crippen LogP contribution < -0.4 is 16.2 Å². The molecule has 1 saturated heterocycles. The number of amides is 1. The smallest absolute Gasteiger partial charge is 0.410 e. The molecule has 1 aliphatic rings. The van der Waals surface area contributed by atoms with Crippen LogP contribution in [0.3, 0.4) is 0 Å². The molecule has 2 N–H and O–H groups in total. The van der Waals surface area contributed by atoms with E-state index in [1.54, 1.807) is 21.7 Å². The number of hydrogen-bond acceptors (Lipinski definition) is 6. The molecule has 8 nitrogen and oxygen atoms in total. The van der Waals surface area contributed by atoms with E-state index < -0.39 is 17.0 Å². The maximum Gasteiger partial charge on any atom is 0.410 e. The Morgan fingerprint density at radius 2 is 1.92 bits per heavy atom. The van der Waals surface area contributed by atoms with Crippen LogP contribution in [0.5, 0.6) is 0 Å². The standard InChI is InChI=1S/C28H35BrFN5O3/c1-15(2)23-24(16(3)8-9-32-23)35-21-13-19(29)20(30)12-18(21)25(22(31)26(35)36)34-11-10-33(14-17(34)4)27(37)38-28(5,6)7/h8-9,12-13,15,17H,10-11,14,31H2,1-7H3/t17-/m0/s1. The van der Waals surface area contributed by atoms with Crippen molar-refractivity contribution in [3.63, 3.8) is 0 Å². The highest BCUT2D eigenvalue weighted by Gasteiger charge is 2.33. The molecule has 0 unspecified atom stereocenters. The summed E-state index contributed by atoms with van der Waals surface area (Å²) >= 11 is 3.30. The molecule has 3 aromatic rings. The van der Waals surface area contributed by atoms with Gasteiger partial charge in [0, 0.05) is 37.3 Å². The molecule has 204 valence electrons. The maximum absolute atomic E-state index is 15.0. The molecule has 0 spiro atoms. The van der Waals surface area contributed by atoms with Crippen LogP contribution in [0.4, 0.5) is 20.6 Å². The molecular formula is C28H35BrFN5O3. The Hall–Kier alpha value is -3.14. The van der Waals surface area contributed by atoms with E-state index in [0.717, 1.165) is 11.3 Å². The molecule has 3 heterocycles. The van der Waals surface area contributed by atoms with Gasteiger partial charge in [-0.25, -0.2) is 9.18 Å². The van der Waals surface area contributed by atoms with E-state index in [1.807, 2.05) is 59.4 Å². The second-order valence-electron chi connectivity index (χ2n) is 11.2. The van der Waals surface area contributed by atoms with Gasteiger partial charge >= 0.3 is 6.09 Å². The Kier molecular flexibility index (Phi) is 7.49. The number of carbonyl (C=O) groups excluding carboxylic acids is 1. The minimum absolute atomic E-state index is 0.0229. The van der Waals surface area contributed by atoms with E-state index in [-0.39, 0.29) is 28.2 Å². The first-order chi connectivity index (χ1) is 17.7. The van der Waals surface area contributed by atoms with Crippen molar-refractivity contribution in [2.75, 3.05) is 30.3 Å². The van der Waals surface area contributed by atoms with Gasteiger partial charge in [0.25, 0.3) is 5.56 Å². The fraction of sp³-hybridized carbons (Fsp3) is 0.464. The van der Waals surface area contributed by atoms with E-state index in [4.69, 9.17) is 10.5 Å². The molecule has 0 saturated carbocycles. The molecule has 0 radical (unpaired) electrons. The third-order valence-electron chi connectivity index (χ3n) is 6.71. The summed E-state index contributed by atoms with van der Waals surface area (Å²) in [5.41, 5.74) is 8.86. The number of halogens is 2. The van der Waals surface area contributed by atoms with Crippen LogP contribution in [0, 0.1) is 12.7 Å². The predicted octanol–water partition coefficient (Wildman–Crippen LogP) is 5.75. The van der Waals surface area contributed by atoms with Gasteiger partial charge in [-0.1, -0.05) is 13.8 Å². The fourth-order valence-electron chi connectivity index (χ4n) is 4.99. The Bertz CT molecular complexity index is 1460. The largest absolute Gasteiger partial charge is 0.444 e. The van der Waals surface area contributed by atoms with Crippen molar-refractivity contribution < 1.29 is 13.9 Å². The number of nitrogen functional groups attached to an aromatic ring is 1. The zero-order valence-electron chi connectivity index (χ0n) is 22.9. The van der Waals surface area contributed by atoms with Gasteiger partial charge in [-0.05, 0) is 80.2 Å². The van der Waals surface area contributed by atoms with Crippen molar-refractivity contribution in [2.24, 2.45) is 0 Å². The highest BCUT2D eigenvalue weighted by Crippen LogP contribution is 2.38. The lowest BCUT2D eigenvalue weighted by molar-refractivity contribution is 0.0219. The highest BCUT2D eigenvalue weighted by atomic mass is 79.9. The Morgan fingerprint density at radius 1 is 1.24 bits per heavy atom. The van der Waals surface area contributed by atoms with Gasteiger partial charge in [0.15, 0.2) is 0 Å². The van der Waals surface area contributed by atoms with Crippen molar-refractivity contribution in [3.8, 4) is 5.69 Å². The Morgan fingerprint density at radius 3 is 2.53 bits per heavy atom. The molecule has 10 heteroatoms. The van der Waals surface area contributed by atoms with Gasteiger partial charge in [-0.2, -0.15) is 0 Å². The highest BCUT2D eigenvalue weighted by molar-refractivity contribution is 9.10. The number of aromatic nitrogens is 2. The number of benzene rings is 1. The SMILES string of the molecule is Cc1ccnc(C(C)C)c1-n1c(=O)c(N)c(N2CCN(C(=O)OC(C)(C)C)C[C@@H]2C)c2cc(F)c(Br)cc21. The zero-order valence-corrected chi connectivity index (χ0v) is 24.5. The van der Waals surface area contributed by atoms with Crippen molar-refractivity contribution in [1.29, 1.82) is 0 Å². The molecular weight excluding hydrogens is 553 g/mol. The molecule has 1 amide bonds. The monoisotopic (exact) mass is 587 g/mol. The van der Waals surface area contributed by atoms with E-state index in [9.17, 15) is 14.0 Å². The molecule has 1 aromatic carbocycles.